The minimum atomic E-state index is -0.907. The number of pyridine rings is 1. The van der Waals surface area contributed by atoms with Gasteiger partial charge in [0.25, 0.3) is 5.91 Å². The molecule has 8 heteroatoms. The predicted octanol–water partition coefficient (Wildman–Crippen LogP) is 3.77. The molecule has 1 atom stereocenters. The third-order valence-electron chi connectivity index (χ3n) is 5.91. The molecule has 33 heavy (non-hydrogen) atoms. The van der Waals surface area contributed by atoms with Crippen molar-refractivity contribution < 1.29 is 23.6 Å². The van der Waals surface area contributed by atoms with Gasteiger partial charge in [0.1, 0.15) is 22.9 Å². The molecule has 1 aliphatic heterocycles. The van der Waals surface area contributed by atoms with Crippen molar-refractivity contribution in [2.45, 2.75) is 26.2 Å². The van der Waals surface area contributed by atoms with Gasteiger partial charge >= 0.3 is 5.97 Å². The van der Waals surface area contributed by atoms with Crippen LogP contribution in [0.25, 0.3) is 11.3 Å². The highest BCUT2D eigenvalue weighted by atomic mass is 16.5. The SMILES string of the molecule is CCOC(=O)[C@]1(Cc2cc(-c3ccc(OC)cc3)no2)CCCN(C(=O)c2ccccn2)C1. The average Bonchev–Trinajstić information content (AvgIpc) is 3.32. The summed E-state index contributed by atoms with van der Waals surface area (Å²) in [5.74, 6) is 0.802. The molecule has 1 aromatic carbocycles. The second-order valence-electron chi connectivity index (χ2n) is 8.13. The maximum absolute atomic E-state index is 13.1. The van der Waals surface area contributed by atoms with Crippen molar-refractivity contribution in [3.63, 3.8) is 0 Å². The van der Waals surface area contributed by atoms with Gasteiger partial charge in [0.15, 0.2) is 0 Å². The van der Waals surface area contributed by atoms with Crippen LogP contribution in [0, 0.1) is 5.41 Å². The van der Waals surface area contributed by atoms with E-state index in [1.807, 2.05) is 30.3 Å². The molecule has 172 valence electrons. The molecule has 0 spiro atoms. The first-order valence-corrected chi connectivity index (χ1v) is 11.0. The number of piperidine rings is 1. The van der Waals surface area contributed by atoms with E-state index in [9.17, 15) is 9.59 Å². The lowest BCUT2D eigenvalue weighted by molar-refractivity contribution is -0.158. The van der Waals surface area contributed by atoms with Gasteiger partial charge in [-0.25, -0.2) is 0 Å². The van der Waals surface area contributed by atoms with Crippen LogP contribution in [-0.4, -0.2) is 53.7 Å². The number of ether oxygens (including phenoxy) is 2. The van der Waals surface area contributed by atoms with E-state index in [-0.39, 0.29) is 25.0 Å². The van der Waals surface area contributed by atoms with E-state index in [2.05, 4.69) is 10.1 Å². The van der Waals surface area contributed by atoms with Gasteiger partial charge in [0, 0.05) is 37.3 Å². The molecule has 0 saturated carbocycles. The molecule has 0 unspecified atom stereocenters. The van der Waals surface area contributed by atoms with E-state index in [0.29, 0.717) is 43.0 Å². The van der Waals surface area contributed by atoms with E-state index in [0.717, 1.165) is 11.3 Å². The molecular formula is C25H27N3O5. The van der Waals surface area contributed by atoms with Gasteiger partial charge in [-0.2, -0.15) is 0 Å². The molecule has 1 fully saturated rings. The van der Waals surface area contributed by atoms with Gasteiger partial charge in [-0.3, -0.25) is 14.6 Å². The molecule has 2 aromatic heterocycles. The molecular weight excluding hydrogens is 422 g/mol. The van der Waals surface area contributed by atoms with Crippen LogP contribution in [0.5, 0.6) is 5.75 Å². The number of hydrogen-bond acceptors (Lipinski definition) is 7. The van der Waals surface area contributed by atoms with Crippen LogP contribution >= 0.6 is 0 Å². The number of rotatable bonds is 7. The normalized spacial score (nSPS) is 18.1. The number of aromatic nitrogens is 2. The van der Waals surface area contributed by atoms with Crippen molar-refractivity contribution >= 4 is 11.9 Å². The standard InChI is InChI=1S/C25H27N3O5/c1-3-32-24(30)25(12-6-14-28(17-25)23(29)21-7-4-5-13-26-21)16-20-15-22(27-33-20)18-8-10-19(31-2)11-9-18/h4-5,7-11,13,15H,3,6,12,14,16-17H2,1-2H3/t25-/m0/s1. The highest BCUT2D eigenvalue weighted by Gasteiger charge is 2.46. The van der Waals surface area contributed by atoms with Crippen molar-refractivity contribution in [3.8, 4) is 17.0 Å². The summed E-state index contributed by atoms with van der Waals surface area (Å²) in [5.41, 5.74) is 1.00. The van der Waals surface area contributed by atoms with Crippen LogP contribution in [0.4, 0.5) is 0 Å². The first kappa shape index (κ1) is 22.5. The molecule has 8 nitrogen and oxygen atoms in total. The third-order valence-corrected chi connectivity index (χ3v) is 5.91. The van der Waals surface area contributed by atoms with Crippen LogP contribution in [0.15, 0.2) is 59.3 Å². The van der Waals surface area contributed by atoms with Crippen molar-refractivity contribution in [2.75, 3.05) is 26.8 Å². The number of likely N-dealkylation sites (tertiary alicyclic amines) is 1. The van der Waals surface area contributed by atoms with Crippen LogP contribution in [0.1, 0.15) is 36.0 Å². The van der Waals surface area contributed by atoms with E-state index in [1.165, 1.54) is 0 Å². The van der Waals surface area contributed by atoms with Gasteiger partial charge in [-0.15, -0.1) is 0 Å². The molecule has 1 saturated heterocycles. The maximum Gasteiger partial charge on any atom is 0.314 e. The number of nitrogens with zero attached hydrogens (tertiary/aromatic N) is 3. The Bertz CT molecular complexity index is 1100. The summed E-state index contributed by atoms with van der Waals surface area (Å²) < 4.78 is 16.2. The fourth-order valence-corrected chi connectivity index (χ4v) is 4.25. The lowest BCUT2D eigenvalue weighted by Crippen LogP contribution is -2.51. The molecule has 0 N–H and O–H groups in total. The Kier molecular flexibility index (Phi) is 6.72. The van der Waals surface area contributed by atoms with Crippen molar-refractivity contribution in [1.82, 2.24) is 15.0 Å². The Hall–Kier alpha value is -3.68. The number of esters is 1. The van der Waals surface area contributed by atoms with Crippen LogP contribution in [-0.2, 0) is 16.0 Å². The zero-order valence-corrected chi connectivity index (χ0v) is 18.8. The Labute approximate surface area is 192 Å². The summed E-state index contributed by atoms with van der Waals surface area (Å²) in [6, 6.07) is 14.6. The summed E-state index contributed by atoms with van der Waals surface area (Å²) in [4.78, 5) is 32.0. The molecule has 0 radical (unpaired) electrons. The number of amides is 1. The largest absolute Gasteiger partial charge is 0.497 e. The molecule has 3 aromatic rings. The second kappa shape index (κ2) is 9.85. The Morgan fingerprint density at radius 2 is 2.00 bits per heavy atom. The highest BCUT2D eigenvalue weighted by Crippen LogP contribution is 2.36. The zero-order valence-electron chi connectivity index (χ0n) is 18.8. The van der Waals surface area contributed by atoms with Crippen LogP contribution in [0.3, 0.4) is 0 Å². The number of hydrogen-bond donors (Lipinski definition) is 0. The fraction of sp³-hybridized carbons (Fsp3) is 0.360. The van der Waals surface area contributed by atoms with E-state index in [1.54, 1.807) is 43.3 Å². The van der Waals surface area contributed by atoms with Crippen molar-refractivity contribution in [3.05, 3.63) is 66.2 Å². The first-order chi connectivity index (χ1) is 16.0. The van der Waals surface area contributed by atoms with Crippen molar-refractivity contribution in [1.29, 1.82) is 0 Å². The Balaban J connectivity index is 1.57. The van der Waals surface area contributed by atoms with Crippen molar-refractivity contribution in [2.24, 2.45) is 5.41 Å². The Morgan fingerprint density at radius 3 is 2.70 bits per heavy atom. The number of carbonyl (C=O) groups excluding carboxylic acids is 2. The molecule has 4 rings (SSSR count). The summed E-state index contributed by atoms with van der Waals surface area (Å²) in [7, 11) is 1.62. The van der Waals surface area contributed by atoms with Gasteiger partial charge in [-0.1, -0.05) is 11.2 Å². The van der Waals surface area contributed by atoms with Gasteiger partial charge < -0.3 is 18.9 Å². The van der Waals surface area contributed by atoms with E-state index < -0.39 is 5.41 Å². The molecule has 0 aliphatic carbocycles. The molecule has 3 heterocycles. The monoisotopic (exact) mass is 449 g/mol. The van der Waals surface area contributed by atoms with E-state index in [4.69, 9.17) is 14.0 Å². The van der Waals surface area contributed by atoms with Crippen LogP contribution < -0.4 is 4.74 Å². The molecule has 0 bridgehead atoms. The summed E-state index contributed by atoms with van der Waals surface area (Å²) in [6.45, 7) is 2.84. The Morgan fingerprint density at radius 1 is 1.18 bits per heavy atom. The summed E-state index contributed by atoms with van der Waals surface area (Å²) >= 11 is 0. The lowest BCUT2D eigenvalue weighted by atomic mass is 9.76. The fourth-order valence-electron chi connectivity index (χ4n) is 4.25. The summed E-state index contributed by atoms with van der Waals surface area (Å²) in [5, 5.41) is 4.19. The minimum absolute atomic E-state index is 0.194. The minimum Gasteiger partial charge on any atom is -0.497 e. The number of carbonyl (C=O) groups is 2. The quantitative estimate of drug-likeness (QED) is 0.507. The first-order valence-electron chi connectivity index (χ1n) is 11.0. The van der Waals surface area contributed by atoms with E-state index >= 15 is 0 Å². The third kappa shape index (κ3) is 4.89. The summed E-state index contributed by atoms with van der Waals surface area (Å²) in [6.07, 6.45) is 3.15. The maximum atomic E-state index is 13.1. The molecule has 1 amide bonds. The predicted molar refractivity (Wildman–Crippen MR) is 121 cm³/mol. The molecule has 1 aliphatic rings. The smallest absolute Gasteiger partial charge is 0.314 e. The number of benzene rings is 1. The van der Waals surface area contributed by atoms with Crippen LogP contribution in [0.2, 0.25) is 0 Å². The lowest BCUT2D eigenvalue weighted by Gasteiger charge is -2.40. The highest BCUT2D eigenvalue weighted by molar-refractivity contribution is 5.93. The van der Waals surface area contributed by atoms with Gasteiger partial charge in [0.2, 0.25) is 0 Å². The van der Waals surface area contributed by atoms with Gasteiger partial charge in [-0.05, 0) is 56.2 Å². The average molecular weight is 450 g/mol. The number of methoxy groups -OCH3 is 1. The topological polar surface area (TPSA) is 94.8 Å². The van der Waals surface area contributed by atoms with Gasteiger partial charge in [0.05, 0.1) is 19.1 Å². The zero-order chi connectivity index (χ0) is 23.3. The second-order valence-corrected chi connectivity index (χ2v) is 8.13.